The van der Waals surface area contributed by atoms with Crippen LogP contribution in [-0.2, 0) is 4.79 Å². The Balaban J connectivity index is 2.09. The van der Waals surface area contributed by atoms with E-state index in [0.717, 1.165) is 28.7 Å². The van der Waals surface area contributed by atoms with Crippen molar-refractivity contribution in [3.63, 3.8) is 0 Å². The van der Waals surface area contributed by atoms with Crippen LogP contribution in [0.15, 0.2) is 30.3 Å². The maximum atomic E-state index is 11.2. The molecule has 1 atom stereocenters. The molecule has 0 aliphatic carbocycles. The number of carbonyl (C=O) groups excluding carboxylic acids is 1. The van der Waals surface area contributed by atoms with Gasteiger partial charge in [0.1, 0.15) is 11.5 Å². The van der Waals surface area contributed by atoms with Crippen LogP contribution >= 0.6 is 0 Å². The van der Waals surface area contributed by atoms with E-state index in [2.05, 4.69) is 17.4 Å². The van der Waals surface area contributed by atoms with Crippen LogP contribution in [0.3, 0.4) is 0 Å². The van der Waals surface area contributed by atoms with Crippen molar-refractivity contribution in [2.75, 3.05) is 20.3 Å². The number of ether oxygens (including phenoxy) is 2. The summed E-state index contributed by atoms with van der Waals surface area (Å²) < 4.78 is 11.1. The van der Waals surface area contributed by atoms with Gasteiger partial charge in [-0.05, 0) is 35.4 Å². The highest BCUT2D eigenvalue weighted by Gasteiger charge is 2.24. The highest BCUT2D eigenvalue weighted by Crippen LogP contribution is 2.39. The predicted octanol–water partition coefficient (Wildman–Crippen LogP) is 2.85. The molecular formula is C17H19NO3. The second-order valence-corrected chi connectivity index (χ2v) is 5.34. The van der Waals surface area contributed by atoms with E-state index in [-0.39, 0.29) is 11.8 Å². The normalized spacial score (nSPS) is 17.0. The first kappa shape index (κ1) is 13.7. The van der Waals surface area contributed by atoms with Gasteiger partial charge in [-0.3, -0.25) is 4.79 Å². The topological polar surface area (TPSA) is 47.6 Å². The van der Waals surface area contributed by atoms with Crippen molar-refractivity contribution < 1.29 is 14.3 Å². The fraction of sp³-hybridized carbons (Fsp3) is 0.353. The van der Waals surface area contributed by atoms with E-state index >= 15 is 0 Å². The smallest absolute Gasteiger partial charge is 0.216 e. The molecule has 1 aliphatic rings. The zero-order valence-electron chi connectivity index (χ0n) is 12.3. The van der Waals surface area contributed by atoms with E-state index in [1.807, 2.05) is 18.2 Å². The van der Waals surface area contributed by atoms with Crippen LogP contribution in [0.4, 0.5) is 0 Å². The van der Waals surface area contributed by atoms with Crippen molar-refractivity contribution in [1.29, 1.82) is 0 Å². The third-order valence-corrected chi connectivity index (χ3v) is 3.96. The number of hydrogen-bond donors (Lipinski definition) is 1. The standard InChI is InChI=1S/C17H19NO3/c1-11(19)18-10-13-7-8-21-16-6-4-12-3-5-14(20-2)9-15(12)17(13)16/h3-6,9,13H,7-8,10H2,1-2H3,(H,18,19). The van der Waals surface area contributed by atoms with Crippen LogP contribution < -0.4 is 14.8 Å². The van der Waals surface area contributed by atoms with E-state index < -0.39 is 0 Å². The van der Waals surface area contributed by atoms with E-state index in [9.17, 15) is 4.79 Å². The lowest BCUT2D eigenvalue weighted by Gasteiger charge is -2.27. The number of amides is 1. The van der Waals surface area contributed by atoms with E-state index in [4.69, 9.17) is 9.47 Å². The molecule has 110 valence electrons. The summed E-state index contributed by atoms with van der Waals surface area (Å²) in [6, 6.07) is 10.1. The van der Waals surface area contributed by atoms with Crippen molar-refractivity contribution in [3.05, 3.63) is 35.9 Å². The molecule has 0 radical (unpaired) electrons. The van der Waals surface area contributed by atoms with Crippen LogP contribution in [0.1, 0.15) is 24.8 Å². The van der Waals surface area contributed by atoms with E-state index in [1.165, 1.54) is 5.56 Å². The molecule has 4 nitrogen and oxygen atoms in total. The van der Waals surface area contributed by atoms with E-state index in [0.29, 0.717) is 13.2 Å². The highest BCUT2D eigenvalue weighted by molar-refractivity contribution is 5.90. The predicted molar refractivity (Wildman–Crippen MR) is 82.0 cm³/mol. The molecule has 21 heavy (non-hydrogen) atoms. The molecule has 1 unspecified atom stereocenters. The van der Waals surface area contributed by atoms with Gasteiger partial charge in [-0.15, -0.1) is 0 Å². The summed E-state index contributed by atoms with van der Waals surface area (Å²) in [6.07, 6.45) is 0.906. The monoisotopic (exact) mass is 285 g/mol. The Labute approximate surface area is 124 Å². The Bertz CT molecular complexity index is 676. The summed E-state index contributed by atoms with van der Waals surface area (Å²) in [5.74, 6) is 2.02. The average molecular weight is 285 g/mol. The van der Waals surface area contributed by atoms with Crippen LogP contribution in [0.2, 0.25) is 0 Å². The number of hydrogen-bond acceptors (Lipinski definition) is 3. The van der Waals surface area contributed by atoms with Gasteiger partial charge in [0.15, 0.2) is 0 Å². The molecule has 4 heteroatoms. The summed E-state index contributed by atoms with van der Waals surface area (Å²) in [7, 11) is 1.67. The number of benzene rings is 2. The van der Waals surface area contributed by atoms with Crippen LogP contribution in [0, 0.1) is 0 Å². The van der Waals surface area contributed by atoms with Gasteiger partial charge in [-0.1, -0.05) is 12.1 Å². The Morgan fingerprint density at radius 2 is 2.19 bits per heavy atom. The Morgan fingerprint density at radius 3 is 2.95 bits per heavy atom. The maximum Gasteiger partial charge on any atom is 0.216 e. The molecule has 2 aromatic carbocycles. The third kappa shape index (κ3) is 2.66. The maximum absolute atomic E-state index is 11.2. The molecule has 0 saturated carbocycles. The number of nitrogens with one attached hydrogen (secondary N) is 1. The summed E-state index contributed by atoms with van der Waals surface area (Å²) in [6.45, 7) is 2.88. The Hall–Kier alpha value is -2.23. The third-order valence-electron chi connectivity index (χ3n) is 3.96. The van der Waals surface area contributed by atoms with Crippen molar-refractivity contribution >= 4 is 16.7 Å². The molecule has 1 aliphatic heterocycles. The van der Waals surface area contributed by atoms with Crippen molar-refractivity contribution in [3.8, 4) is 11.5 Å². The minimum absolute atomic E-state index is 0.000795. The van der Waals surface area contributed by atoms with Gasteiger partial charge in [0.2, 0.25) is 5.91 Å². The minimum atomic E-state index is 0.000795. The van der Waals surface area contributed by atoms with Gasteiger partial charge >= 0.3 is 0 Å². The van der Waals surface area contributed by atoms with Crippen molar-refractivity contribution in [2.24, 2.45) is 0 Å². The second-order valence-electron chi connectivity index (χ2n) is 5.34. The number of carbonyl (C=O) groups is 1. The molecule has 0 bridgehead atoms. The lowest BCUT2D eigenvalue weighted by Crippen LogP contribution is -2.29. The molecular weight excluding hydrogens is 266 g/mol. The Morgan fingerprint density at radius 1 is 1.38 bits per heavy atom. The SMILES string of the molecule is COc1ccc2ccc3c(c2c1)C(CNC(C)=O)CCO3. The van der Waals surface area contributed by atoms with Gasteiger partial charge in [0, 0.05) is 24.9 Å². The highest BCUT2D eigenvalue weighted by atomic mass is 16.5. The van der Waals surface area contributed by atoms with Crippen molar-refractivity contribution in [1.82, 2.24) is 5.32 Å². The van der Waals surface area contributed by atoms with Gasteiger partial charge < -0.3 is 14.8 Å². The fourth-order valence-corrected chi connectivity index (χ4v) is 2.90. The first-order chi connectivity index (χ1) is 10.2. The summed E-state index contributed by atoms with van der Waals surface area (Å²) in [5, 5.41) is 5.22. The second kappa shape index (κ2) is 5.64. The molecule has 1 N–H and O–H groups in total. The van der Waals surface area contributed by atoms with E-state index in [1.54, 1.807) is 14.0 Å². The minimum Gasteiger partial charge on any atom is -0.497 e. The quantitative estimate of drug-likeness (QED) is 0.943. The Kier molecular flexibility index (Phi) is 3.69. The summed E-state index contributed by atoms with van der Waals surface area (Å²) in [4.78, 5) is 11.2. The fourth-order valence-electron chi connectivity index (χ4n) is 2.90. The zero-order chi connectivity index (χ0) is 14.8. The first-order valence-corrected chi connectivity index (χ1v) is 7.17. The number of rotatable bonds is 3. The lowest BCUT2D eigenvalue weighted by molar-refractivity contribution is -0.119. The average Bonchev–Trinajstić information content (AvgIpc) is 2.51. The van der Waals surface area contributed by atoms with Crippen LogP contribution in [-0.4, -0.2) is 26.2 Å². The molecule has 1 amide bonds. The molecule has 2 aromatic rings. The van der Waals surface area contributed by atoms with Gasteiger partial charge in [-0.2, -0.15) is 0 Å². The molecule has 0 saturated heterocycles. The van der Waals surface area contributed by atoms with Crippen molar-refractivity contribution in [2.45, 2.75) is 19.3 Å². The molecule has 0 spiro atoms. The van der Waals surface area contributed by atoms with Crippen LogP contribution in [0.25, 0.3) is 10.8 Å². The lowest BCUT2D eigenvalue weighted by atomic mass is 9.88. The number of methoxy groups -OCH3 is 1. The summed E-state index contributed by atoms with van der Waals surface area (Å²) in [5.41, 5.74) is 1.17. The van der Waals surface area contributed by atoms with Crippen LogP contribution in [0.5, 0.6) is 11.5 Å². The molecule has 1 heterocycles. The van der Waals surface area contributed by atoms with Gasteiger partial charge in [0.05, 0.1) is 13.7 Å². The number of fused-ring (bicyclic) bond motifs is 3. The first-order valence-electron chi connectivity index (χ1n) is 7.17. The summed E-state index contributed by atoms with van der Waals surface area (Å²) >= 11 is 0. The molecule has 3 rings (SSSR count). The van der Waals surface area contributed by atoms with Gasteiger partial charge in [0.25, 0.3) is 0 Å². The molecule has 0 fully saturated rings. The van der Waals surface area contributed by atoms with Gasteiger partial charge in [-0.25, -0.2) is 0 Å². The molecule has 0 aromatic heterocycles. The zero-order valence-corrected chi connectivity index (χ0v) is 12.3. The largest absolute Gasteiger partial charge is 0.497 e.